The SMILES string of the molecule is Cn1nnc2cccc(O)c21. The predicted octanol–water partition coefficient (Wildman–Crippen LogP) is 0.674. The van der Waals surface area contributed by atoms with Gasteiger partial charge < -0.3 is 5.11 Å². The summed E-state index contributed by atoms with van der Waals surface area (Å²) in [6, 6.07) is 5.17. The molecule has 0 fully saturated rings. The zero-order valence-electron chi connectivity index (χ0n) is 6.02. The van der Waals surface area contributed by atoms with Gasteiger partial charge in [-0.15, -0.1) is 5.10 Å². The summed E-state index contributed by atoms with van der Waals surface area (Å²) in [5, 5.41) is 16.9. The van der Waals surface area contributed by atoms with Crippen LogP contribution in [-0.2, 0) is 7.05 Å². The van der Waals surface area contributed by atoms with Crippen molar-refractivity contribution in [1.82, 2.24) is 15.0 Å². The third-order valence-electron chi connectivity index (χ3n) is 1.60. The first-order valence-electron chi connectivity index (χ1n) is 3.26. The van der Waals surface area contributed by atoms with Crippen molar-refractivity contribution in [2.45, 2.75) is 0 Å². The molecule has 0 atom stereocenters. The van der Waals surface area contributed by atoms with Crippen molar-refractivity contribution in [2.24, 2.45) is 7.05 Å². The molecule has 0 aliphatic carbocycles. The van der Waals surface area contributed by atoms with Crippen LogP contribution in [0, 0.1) is 0 Å². The molecule has 0 radical (unpaired) electrons. The van der Waals surface area contributed by atoms with Crippen LogP contribution < -0.4 is 0 Å². The van der Waals surface area contributed by atoms with E-state index in [1.165, 1.54) is 0 Å². The molecule has 56 valence electrons. The number of aromatic hydroxyl groups is 1. The molecule has 1 N–H and O–H groups in total. The van der Waals surface area contributed by atoms with Crippen molar-refractivity contribution in [3.63, 3.8) is 0 Å². The molecule has 4 nitrogen and oxygen atoms in total. The Kier molecular flexibility index (Phi) is 1.09. The van der Waals surface area contributed by atoms with Gasteiger partial charge in [-0.2, -0.15) is 0 Å². The van der Waals surface area contributed by atoms with E-state index >= 15 is 0 Å². The van der Waals surface area contributed by atoms with E-state index in [0.717, 1.165) is 0 Å². The number of fused-ring (bicyclic) bond motifs is 1. The van der Waals surface area contributed by atoms with Crippen LogP contribution in [0.4, 0.5) is 0 Å². The van der Waals surface area contributed by atoms with E-state index in [1.807, 2.05) is 6.07 Å². The number of aromatic nitrogens is 3. The van der Waals surface area contributed by atoms with E-state index in [0.29, 0.717) is 11.0 Å². The first-order chi connectivity index (χ1) is 5.29. The maximum atomic E-state index is 9.34. The third kappa shape index (κ3) is 0.756. The summed E-state index contributed by atoms with van der Waals surface area (Å²) >= 11 is 0. The fraction of sp³-hybridized carbons (Fsp3) is 0.143. The largest absolute Gasteiger partial charge is 0.506 e. The van der Waals surface area contributed by atoms with Gasteiger partial charge in [0.25, 0.3) is 0 Å². The Morgan fingerprint density at radius 1 is 1.45 bits per heavy atom. The quantitative estimate of drug-likeness (QED) is 0.599. The molecule has 0 aliphatic rings. The van der Waals surface area contributed by atoms with E-state index < -0.39 is 0 Å². The Morgan fingerprint density at radius 2 is 2.27 bits per heavy atom. The van der Waals surface area contributed by atoms with Gasteiger partial charge >= 0.3 is 0 Å². The molecular weight excluding hydrogens is 142 g/mol. The van der Waals surface area contributed by atoms with Gasteiger partial charge in [-0.05, 0) is 12.1 Å². The molecular formula is C7H7N3O. The summed E-state index contributed by atoms with van der Waals surface area (Å²) < 4.78 is 1.55. The number of nitrogens with zero attached hydrogens (tertiary/aromatic N) is 3. The highest BCUT2D eigenvalue weighted by Gasteiger charge is 2.03. The lowest BCUT2D eigenvalue weighted by Gasteiger charge is -1.93. The predicted molar refractivity (Wildman–Crippen MR) is 40.2 cm³/mol. The van der Waals surface area contributed by atoms with Gasteiger partial charge in [0.2, 0.25) is 0 Å². The molecule has 2 rings (SSSR count). The first kappa shape index (κ1) is 6.15. The van der Waals surface area contributed by atoms with Gasteiger partial charge in [0.1, 0.15) is 16.8 Å². The molecule has 0 unspecified atom stereocenters. The molecule has 4 heteroatoms. The van der Waals surface area contributed by atoms with Gasteiger partial charge in [0.05, 0.1) is 0 Å². The Balaban J connectivity index is 2.96. The average molecular weight is 149 g/mol. The van der Waals surface area contributed by atoms with Crippen molar-refractivity contribution in [3.05, 3.63) is 18.2 Å². The van der Waals surface area contributed by atoms with Crippen molar-refractivity contribution in [3.8, 4) is 5.75 Å². The van der Waals surface area contributed by atoms with Crippen molar-refractivity contribution in [1.29, 1.82) is 0 Å². The van der Waals surface area contributed by atoms with Gasteiger partial charge in [-0.25, -0.2) is 4.68 Å². The number of hydrogen-bond acceptors (Lipinski definition) is 3. The van der Waals surface area contributed by atoms with Gasteiger partial charge in [0.15, 0.2) is 0 Å². The second-order valence-corrected chi connectivity index (χ2v) is 2.36. The van der Waals surface area contributed by atoms with Crippen molar-refractivity contribution in [2.75, 3.05) is 0 Å². The van der Waals surface area contributed by atoms with E-state index in [1.54, 1.807) is 23.9 Å². The highest BCUT2D eigenvalue weighted by molar-refractivity contribution is 5.80. The van der Waals surface area contributed by atoms with Crippen LogP contribution in [0.25, 0.3) is 11.0 Å². The summed E-state index contributed by atoms with van der Waals surface area (Å²) in [4.78, 5) is 0. The van der Waals surface area contributed by atoms with Crippen LogP contribution in [0.5, 0.6) is 5.75 Å². The number of hydrogen-bond donors (Lipinski definition) is 1. The van der Waals surface area contributed by atoms with Crippen LogP contribution in [0.3, 0.4) is 0 Å². The molecule has 0 bridgehead atoms. The van der Waals surface area contributed by atoms with Crippen LogP contribution >= 0.6 is 0 Å². The minimum absolute atomic E-state index is 0.218. The average Bonchev–Trinajstić information content (AvgIpc) is 2.34. The lowest BCUT2D eigenvalue weighted by molar-refractivity contribution is 0.477. The Hall–Kier alpha value is -1.58. The Bertz CT molecular complexity index is 393. The number of para-hydroxylation sites is 1. The smallest absolute Gasteiger partial charge is 0.143 e. The summed E-state index contributed by atoms with van der Waals surface area (Å²) in [5.74, 6) is 0.218. The molecule has 1 aromatic carbocycles. The molecule has 11 heavy (non-hydrogen) atoms. The monoisotopic (exact) mass is 149 g/mol. The van der Waals surface area contributed by atoms with E-state index in [9.17, 15) is 5.11 Å². The third-order valence-corrected chi connectivity index (χ3v) is 1.60. The zero-order valence-corrected chi connectivity index (χ0v) is 6.02. The summed E-state index contributed by atoms with van der Waals surface area (Å²) in [7, 11) is 1.75. The molecule has 0 amide bonds. The molecule has 0 saturated carbocycles. The summed E-state index contributed by atoms with van der Waals surface area (Å²) in [5.41, 5.74) is 1.39. The minimum Gasteiger partial charge on any atom is -0.506 e. The second kappa shape index (κ2) is 1.95. The number of phenols is 1. The van der Waals surface area contributed by atoms with E-state index in [2.05, 4.69) is 10.3 Å². The van der Waals surface area contributed by atoms with Crippen LogP contribution in [0.1, 0.15) is 0 Å². The minimum atomic E-state index is 0.218. The molecule has 0 spiro atoms. The Labute approximate surface area is 63.1 Å². The van der Waals surface area contributed by atoms with Gasteiger partial charge in [-0.1, -0.05) is 11.3 Å². The normalized spacial score (nSPS) is 10.6. The zero-order chi connectivity index (χ0) is 7.84. The molecule has 0 saturated heterocycles. The van der Waals surface area contributed by atoms with E-state index in [-0.39, 0.29) is 5.75 Å². The maximum absolute atomic E-state index is 9.34. The summed E-state index contributed by atoms with van der Waals surface area (Å²) in [6.45, 7) is 0. The first-order valence-corrected chi connectivity index (χ1v) is 3.26. The Morgan fingerprint density at radius 3 is 3.00 bits per heavy atom. The van der Waals surface area contributed by atoms with Crippen molar-refractivity contribution < 1.29 is 5.11 Å². The number of rotatable bonds is 0. The van der Waals surface area contributed by atoms with Gasteiger partial charge in [-0.3, -0.25) is 0 Å². The lowest BCUT2D eigenvalue weighted by Crippen LogP contribution is -1.89. The molecule has 1 aromatic heterocycles. The topological polar surface area (TPSA) is 50.9 Å². The van der Waals surface area contributed by atoms with Crippen LogP contribution in [0.15, 0.2) is 18.2 Å². The fourth-order valence-corrected chi connectivity index (χ4v) is 1.09. The lowest BCUT2D eigenvalue weighted by atomic mass is 10.3. The van der Waals surface area contributed by atoms with Crippen molar-refractivity contribution >= 4 is 11.0 Å². The standard InChI is InChI=1S/C7H7N3O/c1-10-7-5(8-9-10)3-2-4-6(7)11/h2-4,11H,1H3. The van der Waals surface area contributed by atoms with Crippen LogP contribution in [0.2, 0.25) is 0 Å². The highest BCUT2D eigenvalue weighted by atomic mass is 16.3. The van der Waals surface area contributed by atoms with E-state index in [4.69, 9.17) is 0 Å². The van der Waals surface area contributed by atoms with Crippen LogP contribution in [-0.4, -0.2) is 20.1 Å². The maximum Gasteiger partial charge on any atom is 0.143 e. The number of phenolic OH excluding ortho intramolecular Hbond substituents is 1. The fourth-order valence-electron chi connectivity index (χ4n) is 1.09. The molecule has 0 aliphatic heterocycles. The molecule has 1 heterocycles. The number of aryl methyl sites for hydroxylation is 1. The number of benzene rings is 1. The second-order valence-electron chi connectivity index (χ2n) is 2.36. The van der Waals surface area contributed by atoms with Gasteiger partial charge in [0, 0.05) is 7.05 Å². The summed E-state index contributed by atoms with van der Waals surface area (Å²) in [6.07, 6.45) is 0. The highest BCUT2D eigenvalue weighted by Crippen LogP contribution is 2.20. The molecule has 2 aromatic rings.